The fraction of sp³-hybridized carbons (Fsp3) is 0.271. The molecule has 6 heterocycles. The number of carbonyl (C=O) groups is 1. The molecule has 2 aromatic carbocycles. The van der Waals surface area contributed by atoms with Crippen LogP contribution in [0.25, 0.3) is 33.4 Å². The molecular weight excluding hydrogens is 1840 g/mol. The summed E-state index contributed by atoms with van der Waals surface area (Å²) < 4.78 is 416. The zero-order valence-electron chi connectivity index (χ0n) is 59.2. The minimum atomic E-state index is -10.7. The average Bonchev–Trinajstić information content (AvgIpc) is 0.803. The van der Waals surface area contributed by atoms with Crippen molar-refractivity contribution in [1.82, 2.24) is 0 Å². The Labute approximate surface area is 633 Å². The van der Waals surface area contributed by atoms with Crippen LogP contribution in [0.3, 0.4) is 0 Å². The number of carbonyl (C=O) groups excluding carboxylic acids is 1. The Bertz CT molecular complexity index is 4250. The molecule has 0 bridgehead atoms. The second kappa shape index (κ2) is 33.1. The van der Waals surface area contributed by atoms with Gasteiger partial charge in [0.25, 0.3) is 0 Å². The number of halogens is 36. The molecule has 0 spiro atoms. The van der Waals surface area contributed by atoms with Crippen molar-refractivity contribution >= 4 is 68.3 Å². The molecule has 8 aromatic rings. The van der Waals surface area contributed by atoms with Crippen molar-refractivity contribution in [2.75, 3.05) is 38.8 Å². The van der Waals surface area contributed by atoms with Crippen LogP contribution in [0.2, 0.25) is 0 Å². The summed E-state index contributed by atoms with van der Waals surface area (Å²) in [6.45, 7) is 12.6. The van der Waals surface area contributed by atoms with Gasteiger partial charge in [-0.25, -0.2) is 27.4 Å². The fourth-order valence-corrected chi connectivity index (χ4v) is 12.1. The first-order chi connectivity index (χ1) is 50.7. The number of rotatable bonds is 26. The third-order valence-corrected chi connectivity index (χ3v) is 16.7. The van der Waals surface area contributed by atoms with Gasteiger partial charge in [0.2, 0.25) is 0 Å². The Balaban J connectivity index is 0.000000881. The normalized spacial score (nSPS) is 15.9. The van der Waals surface area contributed by atoms with E-state index in [0.29, 0.717) is 77.0 Å². The Kier molecular flexibility index (Phi) is 30.1. The van der Waals surface area contributed by atoms with Crippen LogP contribution in [-0.4, -0.2) is 45.0 Å². The number of hydrogen-bond donors (Lipinski definition) is 0. The van der Waals surface area contributed by atoms with Crippen molar-refractivity contribution in [3.05, 3.63) is 217 Å². The fourth-order valence-electron chi connectivity index (χ4n) is 8.87. The first-order valence-corrected chi connectivity index (χ1v) is 47.1. The van der Waals surface area contributed by atoms with Crippen molar-refractivity contribution in [1.29, 1.82) is 0 Å². The van der Waals surface area contributed by atoms with E-state index in [1.54, 1.807) is 0 Å². The molecule has 8 rings (SSSR count). The molecule has 0 aliphatic heterocycles. The van der Waals surface area contributed by atoms with E-state index in [-0.39, 0.29) is 0 Å². The Hall–Kier alpha value is -6.63. The Morgan fingerprint density at radius 3 is 0.569 bits per heavy atom. The van der Waals surface area contributed by atoms with E-state index in [1.165, 1.54) is 16.7 Å². The third-order valence-electron chi connectivity index (χ3n) is 12.6. The summed E-state index contributed by atoms with van der Waals surface area (Å²) in [4.78, 5) is 11.1. The van der Waals surface area contributed by atoms with Gasteiger partial charge in [0.1, 0.15) is 18.6 Å². The predicted octanol–water partition coefficient (Wildman–Crippen LogP) is 29.2. The van der Waals surface area contributed by atoms with Gasteiger partial charge in [0.05, 0.1) is 26.4 Å². The number of pyridine rings is 6. The number of nitrogens with zero attached hydrogens (tertiary/aromatic N) is 6. The monoisotopic (exact) mass is 1900 g/mol. The second-order valence-electron chi connectivity index (χ2n) is 23.8. The summed E-state index contributed by atoms with van der Waals surface area (Å²) in [6, 6.07) is 40.1. The zero-order chi connectivity index (χ0) is 90.2. The van der Waals surface area contributed by atoms with E-state index in [2.05, 4.69) is 159 Å². The Morgan fingerprint density at radius 2 is 0.414 bits per heavy atom. The van der Waals surface area contributed by atoms with Gasteiger partial charge in [-0.2, -0.15) is 0 Å². The molecule has 6 aromatic heterocycles. The molecule has 0 fully saturated rings. The van der Waals surface area contributed by atoms with Gasteiger partial charge in [-0.3, -0.25) is 13.9 Å². The van der Waals surface area contributed by atoms with Gasteiger partial charge < -0.3 is 18.1 Å². The van der Waals surface area contributed by atoms with E-state index in [4.69, 9.17) is 18.1 Å². The summed E-state index contributed by atoms with van der Waals surface area (Å²) in [6.07, 6.45) is 26.5. The van der Waals surface area contributed by atoms with Crippen LogP contribution in [0.4, 0.5) is 151 Å². The molecule has 57 heteroatoms. The standard InChI is InChI=1S/C59H68N6O7P2.6F6P/c1-5-69-73(67,70-6-2)39-37-60-25-13-54(14-26-60)56-19-31-63(32-20-56)45-51-41-52(46-64-33-21-57(22-34-64)55-15-27-61(28-16-55)38-40-74(68,71-7-3)72-8-4)43-53(42-51)47-65-35-23-59(24-36-65)58-17-29-62(30-18-58)44-49-9-11-50(48-66)12-10-49;6*1-7(2,3,4,5)6/h9-36,41-43,48H,5-8,37-40,44-47H2,1-4H3;;;;;;/q+6;6*-1. The maximum atomic E-state index is 13.0. The molecule has 0 aliphatic rings. The molecular formula is C59H68F36N6O7P8. The van der Waals surface area contributed by atoms with Gasteiger partial charge in [-0.05, 0) is 79.3 Å². The third kappa shape index (κ3) is 68.3. The zero-order valence-corrected chi connectivity index (χ0v) is 66.3. The van der Waals surface area contributed by atoms with E-state index < -0.39 is 62.0 Å². The van der Waals surface area contributed by atoms with Crippen LogP contribution in [0.1, 0.15) is 60.3 Å². The summed E-state index contributed by atoms with van der Waals surface area (Å²) in [7, 11) is -70.2. The van der Waals surface area contributed by atoms with Gasteiger partial charge in [0, 0.05) is 101 Å². The summed E-state index contributed by atoms with van der Waals surface area (Å²) in [5.41, 5.74) is 12.1. The van der Waals surface area contributed by atoms with E-state index in [0.717, 1.165) is 51.8 Å². The molecule has 0 aliphatic carbocycles. The van der Waals surface area contributed by atoms with Crippen molar-refractivity contribution in [3.8, 4) is 33.4 Å². The molecule has 0 saturated carbocycles. The predicted molar refractivity (Wildman–Crippen MR) is 364 cm³/mol. The summed E-state index contributed by atoms with van der Waals surface area (Å²) in [5, 5.41) is 0. The average molecular weight is 1900 g/mol. The molecule has 0 radical (unpaired) electrons. The summed E-state index contributed by atoms with van der Waals surface area (Å²) in [5.74, 6) is 0. The van der Waals surface area contributed by atoms with Crippen LogP contribution in [0.15, 0.2) is 190 Å². The molecule has 0 N–H and O–H groups in total. The number of benzene rings is 2. The van der Waals surface area contributed by atoms with E-state index >= 15 is 0 Å². The molecule has 0 saturated heterocycles. The first-order valence-electron chi connectivity index (χ1n) is 31.5. The van der Waals surface area contributed by atoms with Crippen LogP contribution >= 0.6 is 62.0 Å². The van der Waals surface area contributed by atoms with Crippen molar-refractivity contribution in [2.24, 2.45) is 0 Å². The minimum absolute atomic E-state index is 0.315. The first kappa shape index (κ1) is 105. The van der Waals surface area contributed by atoms with Crippen LogP contribution in [-0.2, 0) is 66.5 Å². The SMILES string of the molecule is CCOP(=O)(CC[n+]1ccc(-c2cc[n+](Cc3cc(C[n+]4ccc(-c5cc[n+](CCP(=O)(OCC)OCC)cc5)cc4)cc(C[n+]4ccc(-c5cc[n+](Cc6ccc(C=O)cc6)cc5)cc4)c3)cc2)cc1)OCC.F[P-](F)(F)(F)(F)F.F[P-](F)(F)(F)(F)F.F[P-](F)(F)(F)(F)F.F[P-](F)(F)(F)(F)F.F[P-](F)(F)(F)(F)F.F[P-](F)(F)(F)(F)F. The van der Waals surface area contributed by atoms with Crippen LogP contribution in [0.5, 0.6) is 0 Å². The van der Waals surface area contributed by atoms with Crippen molar-refractivity contribution in [2.45, 2.75) is 67.0 Å². The second-order valence-corrected chi connectivity index (χ2v) is 39.7. The van der Waals surface area contributed by atoms with Gasteiger partial charge in [-0.15, -0.1) is 0 Å². The number of aromatic nitrogens is 6. The van der Waals surface area contributed by atoms with Crippen molar-refractivity contribution in [3.63, 3.8) is 0 Å². The Morgan fingerprint density at radius 1 is 0.259 bits per heavy atom. The number of aldehydes is 1. The van der Waals surface area contributed by atoms with Gasteiger partial charge in [-0.1, -0.05) is 24.3 Å². The van der Waals surface area contributed by atoms with Crippen LogP contribution in [0, 0.1) is 0 Å². The molecule has 116 heavy (non-hydrogen) atoms. The summed E-state index contributed by atoms with van der Waals surface area (Å²) >= 11 is 0. The molecule has 13 nitrogen and oxygen atoms in total. The van der Waals surface area contributed by atoms with Crippen molar-refractivity contribution < 1.29 is 211 Å². The number of hydrogen-bond acceptors (Lipinski definition) is 7. The topological polar surface area (TPSA) is 111 Å². The quantitative estimate of drug-likeness (QED) is 0.0230. The molecule has 0 atom stereocenters. The van der Waals surface area contributed by atoms with Crippen LogP contribution < -0.4 is 27.4 Å². The van der Waals surface area contributed by atoms with Gasteiger partial charge in [0.15, 0.2) is 114 Å². The number of aryl methyl sites for hydroxylation is 2. The molecule has 0 unspecified atom stereocenters. The molecule has 0 amide bonds. The van der Waals surface area contributed by atoms with E-state index in [1.807, 2.05) is 85.9 Å². The van der Waals surface area contributed by atoms with E-state index in [9.17, 15) is 165 Å². The maximum absolute atomic E-state index is 13.0. The molecule has 668 valence electrons. The van der Waals surface area contributed by atoms with Gasteiger partial charge >= 0.3 is 213 Å².